The molecule has 1 aliphatic carbocycles. The lowest BCUT2D eigenvalue weighted by Gasteiger charge is -2.31. The predicted octanol–water partition coefficient (Wildman–Crippen LogP) is 9.57. The van der Waals surface area contributed by atoms with Crippen molar-refractivity contribution in [3.63, 3.8) is 0 Å². The molecular formula is C32H32IN2S2+. The molecule has 0 bridgehead atoms. The highest BCUT2D eigenvalue weighted by atomic mass is 127. The molecule has 2 heterocycles. The van der Waals surface area contributed by atoms with Crippen LogP contribution >= 0.6 is 45.7 Å². The Morgan fingerprint density at radius 3 is 2.54 bits per heavy atom. The van der Waals surface area contributed by atoms with Gasteiger partial charge in [0.15, 0.2) is 0 Å². The van der Waals surface area contributed by atoms with Crippen LogP contribution in [0.4, 0.5) is 5.69 Å². The Kier molecular flexibility index (Phi) is 6.74. The number of fused-ring (bicyclic) bond motifs is 3. The fourth-order valence-corrected chi connectivity index (χ4v) is 8.63. The monoisotopic (exact) mass is 635 g/mol. The molecule has 1 aromatic heterocycles. The zero-order chi connectivity index (χ0) is 25.7. The quantitative estimate of drug-likeness (QED) is 0.163. The van der Waals surface area contributed by atoms with Gasteiger partial charge in [0.1, 0.15) is 11.2 Å². The van der Waals surface area contributed by atoms with Crippen molar-refractivity contribution in [1.29, 1.82) is 0 Å². The molecule has 0 amide bonds. The lowest BCUT2D eigenvalue weighted by molar-refractivity contribution is -0.665. The summed E-state index contributed by atoms with van der Waals surface area (Å²) in [7, 11) is 0. The first kappa shape index (κ1) is 25.2. The molecule has 0 fully saturated rings. The highest BCUT2D eigenvalue weighted by Crippen LogP contribution is 2.48. The van der Waals surface area contributed by atoms with E-state index in [4.69, 9.17) is 0 Å². The number of aromatic nitrogens is 1. The Hall–Kier alpha value is -2.09. The number of thiazole rings is 1. The first-order valence-corrected chi connectivity index (χ1v) is 15.8. The number of hydrogen-bond donors (Lipinski definition) is 0. The summed E-state index contributed by atoms with van der Waals surface area (Å²) in [5.74, 6) is 0. The second-order valence-electron chi connectivity index (χ2n) is 10.7. The predicted molar refractivity (Wildman–Crippen MR) is 170 cm³/mol. The van der Waals surface area contributed by atoms with Crippen LogP contribution in [0.5, 0.6) is 0 Å². The van der Waals surface area contributed by atoms with Gasteiger partial charge in [-0.1, -0.05) is 67.3 Å². The van der Waals surface area contributed by atoms with E-state index in [0.717, 1.165) is 25.9 Å². The molecular weight excluding hydrogens is 603 g/mol. The van der Waals surface area contributed by atoms with Crippen LogP contribution in [0.15, 0.2) is 87.8 Å². The molecule has 0 unspecified atom stereocenters. The minimum Gasteiger partial charge on any atom is -0.335 e. The standard InChI is InChI=1S/C32H32IN2S2/c1-5-34-26-16-23-9-7-8-10-24(23)17-29(26)37-31(34)15-22-13-21(19-32(3,4)20-22)14-30-35(6-2)27-18-25(33)11-12-28(27)36-30/h7-18H,5-6,19-20H2,1-4H3/q+1. The Morgan fingerprint density at radius 2 is 1.78 bits per heavy atom. The number of nitrogens with zero attached hydrogens (tertiary/aromatic N) is 2. The molecule has 5 heteroatoms. The van der Waals surface area contributed by atoms with Crippen molar-refractivity contribution in [3.05, 3.63) is 91.5 Å². The molecule has 1 aliphatic heterocycles. The molecule has 4 aromatic rings. The van der Waals surface area contributed by atoms with Crippen molar-refractivity contribution in [2.75, 3.05) is 11.4 Å². The Morgan fingerprint density at radius 1 is 1.00 bits per heavy atom. The summed E-state index contributed by atoms with van der Waals surface area (Å²) in [6, 6.07) is 20.2. The average molecular weight is 636 g/mol. The molecule has 0 atom stereocenters. The van der Waals surface area contributed by atoms with Crippen LogP contribution in [0.2, 0.25) is 0 Å². The van der Waals surface area contributed by atoms with Crippen molar-refractivity contribution in [3.8, 4) is 0 Å². The molecule has 0 spiro atoms. The zero-order valence-corrected chi connectivity index (χ0v) is 25.6. The molecule has 3 aromatic carbocycles. The van der Waals surface area contributed by atoms with Crippen molar-refractivity contribution < 1.29 is 4.57 Å². The highest BCUT2D eigenvalue weighted by Gasteiger charge is 2.29. The molecule has 2 nitrogen and oxygen atoms in total. The van der Waals surface area contributed by atoms with E-state index in [1.165, 1.54) is 56.3 Å². The summed E-state index contributed by atoms with van der Waals surface area (Å²) < 4.78 is 5.14. The van der Waals surface area contributed by atoms with E-state index in [-0.39, 0.29) is 5.41 Å². The maximum Gasteiger partial charge on any atom is 0.263 e. The molecule has 37 heavy (non-hydrogen) atoms. The number of benzene rings is 3. The first-order valence-electron chi connectivity index (χ1n) is 13.1. The topological polar surface area (TPSA) is 7.12 Å². The molecule has 0 saturated heterocycles. The maximum atomic E-state index is 2.48. The van der Waals surface area contributed by atoms with Gasteiger partial charge in [-0.25, -0.2) is 0 Å². The van der Waals surface area contributed by atoms with Gasteiger partial charge in [0.25, 0.3) is 5.01 Å². The summed E-state index contributed by atoms with van der Waals surface area (Å²) in [5.41, 5.74) is 5.78. The molecule has 2 aliphatic rings. The summed E-state index contributed by atoms with van der Waals surface area (Å²) >= 11 is 6.24. The summed E-state index contributed by atoms with van der Waals surface area (Å²) in [5, 5.41) is 5.32. The van der Waals surface area contributed by atoms with Crippen molar-refractivity contribution in [2.45, 2.75) is 52.0 Å². The molecule has 0 saturated carbocycles. The van der Waals surface area contributed by atoms with Crippen LogP contribution in [0.3, 0.4) is 0 Å². The fourth-order valence-electron chi connectivity index (χ4n) is 5.74. The van der Waals surface area contributed by atoms with E-state index in [1.54, 1.807) is 0 Å². The smallest absolute Gasteiger partial charge is 0.263 e. The van der Waals surface area contributed by atoms with Gasteiger partial charge in [-0.15, -0.1) is 0 Å². The number of hydrogen-bond acceptors (Lipinski definition) is 3. The van der Waals surface area contributed by atoms with Gasteiger partial charge in [-0.05, 0) is 107 Å². The van der Waals surface area contributed by atoms with Gasteiger partial charge < -0.3 is 4.90 Å². The number of rotatable bonds is 4. The van der Waals surface area contributed by atoms with Crippen LogP contribution in [0.25, 0.3) is 27.1 Å². The van der Waals surface area contributed by atoms with Gasteiger partial charge in [0.05, 0.1) is 10.7 Å². The van der Waals surface area contributed by atoms with Crippen LogP contribution in [-0.2, 0) is 6.54 Å². The van der Waals surface area contributed by atoms with Crippen molar-refractivity contribution >= 4 is 78.4 Å². The Bertz CT molecular complexity index is 1620. The largest absolute Gasteiger partial charge is 0.335 e. The van der Waals surface area contributed by atoms with Gasteiger partial charge >= 0.3 is 0 Å². The van der Waals surface area contributed by atoms with E-state index in [1.807, 2.05) is 23.1 Å². The van der Waals surface area contributed by atoms with Crippen LogP contribution in [0, 0.1) is 8.99 Å². The van der Waals surface area contributed by atoms with Crippen LogP contribution in [-0.4, -0.2) is 6.54 Å². The van der Waals surface area contributed by atoms with Gasteiger partial charge in [0.2, 0.25) is 5.52 Å². The van der Waals surface area contributed by atoms with Crippen LogP contribution in [0.1, 0.15) is 45.5 Å². The van der Waals surface area contributed by atoms with E-state index in [2.05, 4.69) is 133 Å². The molecule has 6 rings (SSSR count). The third kappa shape index (κ3) is 4.90. The number of aryl methyl sites for hydroxylation is 1. The van der Waals surface area contributed by atoms with Gasteiger partial charge in [0, 0.05) is 27.2 Å². The van der Waals surface area contributed by atoms with Crippen molar-refractivity contribution in [2.24, 2.45) is 5.41 Å². The van der Waals surface area contributed by atoms with Crippen LogP contribution < -0.4 is 9.47 Å². The Balaban J connectivity index is 1.41. The van der Waals surface area contributed by atoms with E-state index in [9.17, 15) is 0 Å². The zero-order valence-electron chi connectivity index (χ0n) is 21.8. The minimum atomic E-state index is 0.234. The molecule has 188 valence electrons. The SMILES string of the molecule is CCN1C(=CC2=CC(=Cc3sc4cc5ccccc5cc4[n+]3CC)CC(C)(C)C2)Sc2ccc(I)cc21. The highest BCUT2D eigenvalue weighted by molar-refractivity contribution is 14.1. The summed E-state index contributed by atoms with van der Waals surface area (Å²) in [6.07, 6.45) is 9.56. The fraction of sp³-hybridized carbons (Fsp3) is 0.281. The number of allylic oxidation sites excluding steroid dienone is 4. The minimum absolute atomic E-state index is 0.234. The number of thioether (sulfide) groups is 1. The number of anilines is 1. The van der Waals surface area contributed by atoms with Gasteiger partial charge in [-0.2, -0.15) is 4.57 Å². The van der Waals surface area contributed by atoms with E-state index >= 15 is 0 Å². The normalized spacial score (nSPS) is 19.3. The third-order valence-electron chi connectivity index (χ3n) is 7.28. The first-order chi connectivity index (χ1) is 17.8. The Labute approximate surface area is 241 Å². The van der Waals surface area contributed by atoms with Gasteiger partial charge in [-0.3, -0.25) is 0 Å². The van der Waals surface area contributed by atoms with Crippen molar-refractivity contribution in [1.82, 2.24) is 0 Å². The second-order valence-corrected chi connectivity index (χ2v) is 14.1. The third-order valence-corrected chi connectivity index (χ3v) is 10.2. The second kappa shape index (κ2) is 9.90. The molecule has 0 N–H and O–H groups in total. The van der Waals surface area contributed by atoms with E-state index in [0.29, 0.717) is 0 Å². The van der Waals surface area contributed by atoms with E-state index < -0.39 is 0 Å². The lowest BCUT2D eigenvalue weighted by Crippen LogP contribution is -2.33. The molecule has 0 radical (unpaired) electrons. The maximum absolute atomic E-state index is 2.48. The number of halogens is 1. The summed E-state index contributed by atoms with van der Waals surface area (Å²) in [4.78, 5) is 3.83. The lowest BCUT2D eigenvalue weighted by atomic mass is 9.75. The summed E-state index contributed by atoms with van der Waals surface area (Å²) in [6.45, 7) is 11.3. The average Bonchev–Trinajstić information content (AvgIpc) is 3.36.